The van der Waals surface area contributed by atoms with Crippen LogP contribution in [0.15, 0.2) is 66.5 Å². The van der Waals surface area contributed by atoms with Crippen molar-refractivity contribution < 1.29 is 19.4 Å². The van der Waals surface area contributed by atoms with Gasteiger partial charge in [0.25, 0.3) is 0 Å². The molecule has 6 nitrogen and oxygen atoms in total. The molecule has 0 fully saturated rings. The standard InChI is InChI=1S/C25H28N2O4/c1-3-4-14-30-15-16-31-23-9-6-20(7-10-23)21-8-11-24(27-13-5-12-26-27)22(18-21)17-19(2)25(28)29/h5-13,17-18H,3-4,14-16H2,1-2H3,(H,28,29). The maximum absolute atomic E-state index is 11.3. The highest BCUT2D eigenvalue weighted by atomic mass is 16.5. The van der Waals surface area contributed by atoms with Crippen LogP contribution in [0.25, 0.3) is 22.9 Å². The van der Waals surface area contributed by atoms with Gasteiger partial charge in [-0.05, 0) is 60.9 Å². The molecule has 0 bridgehead atoms. The van der Waals surface area contributed by atoms with Crippen LogP contribution in [0.5, 0.6) is 5.75 Å². The minimum atomic E-state index is -0.947. The van der Waals surface area contributed by atoms with E-state index in [-0.39, 0.29) is 5.57 Å². The van der Waals surface area contributed by atoms with Crippen molar-refractivity contribution in [3.05, 3.63) is 72.1 Å². The highest BCUT2D eigenvalue weighted by Crippen LogP contribution is 2.27. The largest absolute Gasteiger partial charge is 0.491 e. The van der Waals surface area contributed by atoms with Gasteiger partial charge >= 0.3 is 5.97 Å². The zero-order valence-corrected chi connectivity index (χ0v) is 18.0. The molecule has 162 valence electrons. The van der Waals surface area contributed by atoms with Crippen LogP contribution in [-0.2, 0) is 9.53 Å². The summed E-state index contributed by atoms with van der Waals surface area (Å²) < 4.78 is 13.0. The SMILES string of the molecule is CCCCOCCOc1ccc(-c2ccc(-n3cccn3)c(C=C(C)C(=O)O)c2)cc1. The van der Waals surface area contributed by atoms with Crippen molar-refractivity contribution in [2.45, 2.75) is 26.7 Å². The third-order valence-corrected chi connectivity index (χ3v) is 4.81. The number of aromatic nitrogens is 2. The van der Waals surface area contributed by atoms with E-state index in [1.165, 1.54) is 0 Å². The van der Waals surface area contributed by atoms with Gasteiger partial charge in [-0.2, -0.15) is 5.10 Å². The molecule has 0 aliphatic heterocycles. The highest BCUT2D eigenvalue weighted by Gasteiger charge is 2.09. The summed E-state index contributed by atoms with van der Waals surface area (Å²) >= 11 is 0. The van der Waals surface area contributed by atoms with Crippen LogP contribution in [-0.4, -0.2) is 40.7 Å². The lowest BCUT2D eigenvalue weighted by Gasteiger charge is -2.11. The Morgan fingerprint density at radius 3 is 2.55 bits per heavy atom. The Hall–Kier alpha value is -3.38. The molecule has 0 unspecified atom stereocenters. The van der Waals surface area contributed by atoms with Crippen molar-refractivity contribution in [1.82, 2.24) is 9.78 Å². The van der Waals surface area contributed by atoms with Gasteiger partial charge in [-0.25, -0.2) is 9.48 Å². The van der Waals surface area contributed by atoms with E-state index in [1.54, 1.807) is 23.9 Å². The van der Waals surface area contributed by atoms with Crippen LogP contribution in [0.3, 0.4) is 0 Å². The second kappa shape index (κ2) is 11.1. The maximum Gasteiger partial charge on any atom is 0.331 e. The van der Waals surface area contributed by atoms with Gasteiger partial charge in [0, 0.05) is 30.1 Å². The predicted octanol–water partition coefficient (Wildman–Crippen LogP) is 5.22. The van der Waals surface area contributed by atoms with E-state index < -0.39 is 5.97 Å². The van der Waals surface area contributed by atoms with E-state index in [0.29, 0.717) is 13.2 Å². The third kappa shape index (κ3) is 6.30. The van der Waals surface area contributed by atoms with Crippen molar-refractivity contribution in [3.8, 4) is 22.6 Å². The number of benzene rings is 2. The first-order valence-electron chi connectivity index (χ1n) is 10.4. The van der Waals surface area contributed by atoms with Crippen LogP contribution in [0.2, 0.25) is 0 Å². The molecule has 3 aromatic rings. The fourth-order valence-corrected chi connectivity index (χ4v) is 3.08. The first-order chi connectivity index (χ1) is 15.1. The van der Waals surface area contributed by atoms with Crippen molar-refractivity contribution >= 4 is 12.0 Å². The highest BCUT2D eigenvalue weighted by molar-refractivity contribution is 5.92. The Bertz CT molecular complexity index is 1010. The molecule has 0 saturated carbocycles. The van der Waals surface area contributed by atoms with Crippen molar-refractivity contribution in [2.24, 2.45) is 0 Å². The molecule has 0 amide bonds. The number of rotatable bonds is 11. The van der Waals surface area contributed by atoms with Crippen LogP contribution < -0.4 is 4.74 Å². The summed E-state index contributed by atoms with van der Waals surface area (Å²) in [6.07, 6.45) is 7.38. The molecule has 0 atom stereocenters. The molecule has 3 rings (SSSR count). The summed E-state index contributed by atoms with van der Waals surface area (Å²) in [5.74, 6) is -0.158. The van der Waals surface area contributed by atoms with Crippen LogP contribution in [0.4, 0.5) is 0 Å². The van der Waals surface area contributed by atoms with Crippen LogP contribution >= 0.6 is 0 Å². The molecule has 6 heteroatoms. The molecule has 0 spiro atoms. The number of carboxylic acid groups (broad SMARTS) is 1. The summed E-state index contributed by atoms with van der Waals surface area (Å²) in [5, 5.41) is 13.6. The van der Waals surface area contributed by atoms with Gasteiger partial charge in [0.15, 0.2) is 0 Å². The molecule has 31 heavy (non-hydrogen) atoms. The minimum Gasteiger partial charge on any atom is -0.491 e. The summed E-state index contributed by atoms with van der Waals surface area (Å²) in [7, 11) is 0. The number of hydrogen-bond acceptors (Lipinski definition) is 4. The number of aliphatic carboxylic acids is 1. The lowest BCUT2D eigenvalue weighted by Crippen LogP contribution is -2.07. The second-order valence-electron chi connectivity index (χ2n) is 7.20. The van der Waals surface area contributed by atoms with Crippen molar-refractivity contribution in [1.29, 1.82) is 0 Å². The summed E-state index contributed by atoms with van der Waals surface area (Å²) in [5.41, 5.74) is 3.86. The number of hydrogen-bond donors (Lipinski definition) is 1. The molecule has 1 heterocycles. The molecule has 1 N–H and O–H groups in total. The molecule has 0 aliphatic carbocycles. The summed E-state index contributed by atoms with van der Waals surface area (Å²) in [6, 6.07) is 15.6. The van der Waals surface area contributed by atoms with E-state index in [1.807, 2.05) is 54.7 Å². The topological polar surface area (TPSA) is 73.6 Å². The minimum absolute atomic E-state index is 0.260. The number of unbranched alkanes of at least 4 members (excludes halogenated alkanes) is 1. The average molecular weight is 421 g/mol. The summed E-state index contributed by atoms with van der Waals surface area (Å²) in [4.78, 5) is 11.3. The van der Waals surface area contributed by atoms with Crippen LogP contribution in [0.1, 0.15) is 32.3 Å². The lowest BCUT2D eigenvalue weighted by atomic mass is 10.0. The van der Waals surface area contributed by atoms with Gasteiger partial charge in [-0.3, -0.25) is 0 Å². The fourth-order valence-electron chi connectivity index (χ4n) is 3.08. The number of carbonyl (C=O) groups is 1. The Morgan fingerprint density at radius 2 is 1.87 bits per heavy atom. The van der Waals surface area contributed by atoms with Crippen molar-refractivity contribution in [3.63, 3.8) is 0 Å². The van der Waals surface area contributed by atoms with Gasteiger partial charge in [0.1, 0.15) is 12.4 Å². The monoisotopic (exact) mass is 420 g/mol. The van der Waals surface area contributed by atoms with E-state index in [0.717, 1.165) is 47.6 Å². The number of nitrogens with zero attached hydrogens (tertiary/aromatic N) is 2. The maximum atomic E-state index is 11.3. The summed E-state index contributed by atoms with van der Waals surface area (Å²) in [6.45, 7) is 5.59. The van der Waals surface area contributed by atoms with Gasteiger partial charge < -0.3 is 14.6 Å². The molecule has 0 radical (unpaired) electrons. The predicted molar refractivity (Wildman–Crippen MR) is 122 cm³/mol. The third-order valence-electron chi connectivity index (χ3n) is 4.81. The van der Waals surface area contributed by atoms with E-state index in [9.17, 15) is 9.90 Å². The lowest BCUT2D eigenvalue weighted by molar-refractivity contribution is -0.132. The molecule has 2 aromatic carbocycles. The zero-order chi connectivity index (χ0) is 22.1. The fraction of sp³-hybridized carbons (Fsp3) is 0.280. The smallest absolute Gasteiger partial charge is 0.331 e. The molecule has 0 saturated heterocycles. The second-order valence-corrected chi connectivity index (χ2v) is 7.20. The molecule has 1 aromatic heterocycles. The Labute approximate surface area is 182 Å². The quantitative estimate of drug-likeness (QED) is 0.340. The normalized spacial score (nSPS) is 11.5. The van der Waals surface area contributed by atoms with Crippen molar-refractivity contribution in [2.75, 3.05) is 19.8 Å². The Morgan fingerprint density at radius 1 is 1.10 bits per heavy atom. The first-order valence-corrected chi connectivity index (χ1v) is 10.4. The number of ether oxygens (including phenoxy) is 2. The Kier molecular flexibility index (Phi) is 8.01. The van der Waals surface area contributed by atoms with Gasteiger partial charge in [-0.1, -0.05) is 31.5 Å². The van der Waals surface area contributed by atoms with E-state index >= 15 is 0 Å². The van der Waals surface area contributed by atoms with E-state index in [4.69, 9.17) is 9.47 Å². The first kappa shape index (κ1) is 22.3. The zero-order valence-electron chi connectivity index (χ0n) is 18.0. The van der Waals surface area contributed by atoms with Gasteiger partial charge in [0.05, 0.1) is 12.3 Å². The van der Waals surface area contributed by atoms with Gasteiger partial charge in [-0.15, -0.1) is 0 Å². The number of carboxylic acids is 1. The van der Waals surface area contributed by atoms with Gasteiger partial charge in [0.2, 0.25) is 0 Å². The average Bonchev–Trinajstić information content (AvgIpc) is 3.31. The Balaban J connectivity index is 1.76. The molecule has 0 aliphatic rings. The van der Waals surface area contributed by atoms with Crippen LogP contribution in [0, 0.1) is 0 Å². The molecular weight excluding hydrogens is 392 g/mol. The van der Waals surface area contributed by atoms with E-state index in [2.05, 4.69) is 12.0 Å². The molecular formula is C25H28N2O4.